The van der Waals surface area contributed by atoms with E-state index >= 15 is 0 Å². The summed E-state index contributed by atoms with van der Waals surface area (Å²) >= 11 is 0. The summed E-state index contributed by atoms with van der Waals surface area (Å²) in [5.74, 6) is 2.56. The van der Waals surface area contributed by atoms with Crippen LogP contribution in [0.2, 0.25) is 0 Å². The van der Waals surface area contributed by atoms with Crippen LogP contribution in [0.1, 0.15) is 30.6 Å². The fourth-order valence-electron chi connectivity index (χ4n) is 3.27. The smallest absolute Gasteiger partial charge is 0.332 e. The topological polar surface area (TPSA) is 111 Å². The van der Waals surface area contributed by atoms with Crippen molar-refractivity contribution in [3.63, 3.8) is 0 Å². The van der Waals surface area contributed by atoms with Crippen molar-refractivity contribution in [3.05, 3.63) is 38.1 Å². The van der Waals surface area contributed by atoms with Gasteiger partial charge in [0.2, 0.25) is 0 Å². The summed E-state index contributed by atoms with van der Waals surface area (Å²) in [6, 6.07) is 1.91. The highest BCUT2D eigenvalue weighted by atomic mass is 16.2. The molecular formula is C16H21N7O2. The van der Waals surface area contributed by atoms with Crippen molar-refractivity contribution >= 4 is 5.82 Å². The molecule has 3 heterocycles. The third-order valence-corrected chi connectivity index (χ3v) is 4.77. The molecule has 9 nitrogen and oxygen atoms in total. The molecule has 1 atom stereocenters. The van der Waals surface area contributed by atoms with E-state index in [0.717, 1.165) is 42.0 Å². The first-order valence-corrected chi connectivity index (χ1v) is 8.32. The molecule has 3 rings (SSSR count). The molecule has 0 spiro atoms. The average molecular weight is 343 g/mol. The Balaban J connectivity index is 1.83. The minimum atomic E-state index is -0.578. The van der Waals surface area contributed by atoms with Crippen LogP contribution in [0, 0.1) is 17.2 Å². The molecule has 2 aromatic rings. The third kappa shape index (κ3) is 2.84. The summed E-state index contributed by atoms with van der Waals surface area (Å²) in [7, 11) is 2.93. The lowest BCUT2D eigenvalue weighted by molar-refractivity contribution is 0.374. The molecule has 0 unspecified atom stereocenters. The zero-order valence-corrected chi connectivity index (χ0v) is 14.6. The van der Waals surface area contributed by atoms with Gasteiger partial charge < -0.3 is 9.88 Å². The zero-order chi connectivity index (χ0) is 18.1. The fourth-order valence-corrected chi connectivity index (χ4v) is 3.27. The lowest BCUT2D eigenvalue weighted by Crippen LogP contribution is -2.40. The number of aryl methyl sites for hydroxylation is 2. The first-order valence-electron chi connectivity index (χ1n) is 8.32. The summed E-state index contributed by atoms with van der Waals surface area (Å²) in [5.41, 5.74) is -1.07. The summed E-state index contributed by atoms with van der Waals surface area (Å²) in [6.45, 7) is 3.41. The molecule has 0 saturated heterocycles. The van der Waals surface area contributed by atoms with Gasteiger partial charge in [-0.1, -0.05) is 6.92 Å². The molecule has 2 aromatic heterocycles. The summed E-state index contributed by atoms with van der Waals surface area (Å²) in [4.78, 5) is 24.2. The highest BCUT2D eigenvalue weighted by Gasteiger charge is 2.23. The van der Waals surface area contributed by atoms with Gasteiger partial charge in [-0.2, -0.15) is 5.26 Å². The Labute approximate surface area is 144 Å². The molecule has 0 saturated carbocycles. The molecule has 0 radical (unpaired) electrons. The molecule has 0 bridgehead atoms. The van der Waals surface area contributed by atoms with Crippen LogP contribution in [0.3, 0.4) is 0 Å². The number of nitrogens with one attached hydrogen (secondary N) is 1. The van der Waals surface area contributed by atoms with Gasteiger partial charge in [0.1, 0.15) is 23.5 Å². The van der Waals surface area contributed by atoms with Crippen LogP contribution in [0.5, 0.6) is 0 Å². The second-order valence-corrected chi connectivity index (χ2v) is 6.32. The molecule has 0 aliphatic carbocycles. The molecule has 9 heteroatoms. The van der Waals surface area contributed by atoms with E-state index in [9.17, 15) is 14.9 Å². The molecule has 0 amide bonds. The van der Waals surface area contributed by atoms with Crippen LogP contribution in [0.25, 0.3) is 0 Å². The Morgan fingerprint density at radius 2 is 2.04 bits per heavy atom. The fraction of sp³-hybridized carbons (Fsp3) is 0.562. The third-order valence-electron chi connectivity index (χ3n) is 4.77. The predicted molar refractivity (Wildman–Crippen MR) is 91.3 cm³/mol. The molecule has 132 valence electrons. The molecule has 1 aliphatic heterocycles. The second kappa shape index (κ2) is 6.55. The molecule has 1 aliphatic rings. The Bertz CT molecular complexity index is 947. The van der Waals surface area contributed by atoms with E-state index in [4.69, 9.17) is 0 Å². The maximum atomic E-state index is 12.1. The lowest BCUT2D eigenvalue weighted by Gasteiger charge is -2.25. The number of nitrogens with zero attached hydrogens (tertiary/aromatic N) is 6. The lowest BCUT2D eigenvalue weighted by atomic mass is 9.99. The van der Waals surface area contributed by atoms with E-state index < -0.39 is 11.2 Å². The number of fused-ring (bicyclic) bond motifs is 1. The minimum Gasteiger partial charge on any atom is -0.370 e. The average Bonchev–Trinajstić information content (AvgIpc) is 3.04. The van der Waals surface area contributed by atoms with Crippen molar-refractivity contribution in [3.8, 4) is 6.07 Å². The van der Waals surface area contributed by atoms with Crippen molar-refractivity contribution in [2.24, 2.45) is 20.0 Å². The monoisotopic (exact) mass is 343 g/mol. The highest BCUT2D eigenvalue weighted by molar-refractivity contribution is 5.51. The normalized spacial score (nSPS) is 16.3. The number of nitriles is 1. The number of rotatable bonds is 4. The van der Waals surface area contributed by atoms with Crippen LogP contribution in [-0.2, 0) is 33.5 Å². The first kappa shape index (κ1) is 17.0. The van der Waals surface area contributed by atoms with Gasteiger partial charge in [0.15, 0.2) is 5.56 Å². The van der Waals surface area contributed by atoms with Gasteiger partial charge >= 0.3 is 5.69 Å². The van der Waals surface area contributed by atoms with Gasteiger partial charge in [-0.15, -0.1) is 10.2 Å². The first-order chi connectivity index (χ1) is 12.0. The Kier molecular flexibility index (Phi) is 4.44. The highest BCUT2D eigenvalue weighted by Crippen LogP contribution is 2.21. The van der Waals surface area contributed by atoms with Crippen LogP contribution in [0.15, 0.2) is 9.59 Å². The quantitative estimate of drug-likeness (QED) is 0.822. The predicted octanol–water partition coefficient (Wildman–Crippen LogP) is -0.216. The maximum absolute atomic E-state index is 12.1. The molecule has 0 fully saturated rings. The van der Waals surface area contributed by atoms with Crippen molar-refractivity contribution < 1.29 is 0 Å². The van der Waals surface area contributed by atoms with Gasteiger partial charge in [0.25, 0.3) is 5.56 Å². The van der Waals surface area contributed by atoms with Crippen molar-refractivity contribution in [1.82, 2.24) is 23.9 Å². The van der Waals surface area contributed by atoms with Gasteiger partial charge in [0, 0.05) is 40.0 Å². The number of hydrogen-bond donors (Lipinski definition) is 1. The van der Waals surface area contributed by atoms with E-state index in [1.54, 1.807) is 7.05 Å². The SMILES string of the molecule is CCc1nnc2n1C[C@@H](CNc1c(C#N)c(=O)n(C)c(=O)n1C)CC2. The number of aromatic nitrogens is 5. The molecule has 25 heavy (non-hydrogen) atoms. The van der Waals surface area contributed by atoms with Gasteiger partial charge in [-0.25, -0.2) is 4.79 Å². The summed E-state index contributed by atoms with van der Waals surface area (Å²) < 4.78 is 4.40. The van der Waals surface area contributed by atoms with Gasteiger partial charge in [-0.3, -0.25) is 13.9 Å². The van der Waals surface area contributed by atoms with Crippen molar-refractivity contribution in [2.75, 3.05) is 11.9 Å². The van der Waals surface area contributed by atoms with E-state index in [2.05, 4.69) is 20.1 Å². The maximum Gasteiger partial charge on any atom is 0.332 e. The zero-order valence-electron chi connectivity index (χ0n) is 14.6. The van der Waals surface area contributed by atoms with Gasteiger partial charge in [-0.05, 0) is 12.3 Å². The van der Waals surface area contributed by atoms with E-state index in [0.29, 0.717) is 12.5 Å². The van der Waals surface area contributed by atoms with Crippen LogP contribution in [-0.4, -0.2) is 30.4 Å². The Morgan fingerprint density at radius 1 is 1.28 bits per heavy atom. The van der Waals surface area contributed by atoms with Gasteiger partial charge in [0.05, 0.1) is 0 Å². The Hall–Kier alpha value is -2.89. The number of hydrogen-bond acceptors (Lipinski definition) is 6. The standard InChI is InChI=1S/C16H21N7O2/c1-4-12-19-20-13-6-5-10(9-23(12)13)8-18-14-11(7-17)15(24)22(3)16(25)21(14)2/h10,18H,4-6,8-9H2,1-3H3/t10-/m1/s1. The largest absolute Gasteiger partial charge is 0.370 e. The summed E-state index contributed by atoms with van der Waals surface area (Å²) in [5, 5.41) is 20.9. The van der Waals surface area contributed by atoms with Crippen molar-refractivity contribution in [1.29, 1.82) is 5.26 Å². The number of anilines is 1. The molecule has 0 aromatic carbocycles. The summed E-state index contributed by atoms with van der Waals surface area (Å²) in [6.07, 6.45) is 2.62. The van der Waals surface area contributed by atoms with E-state index in [1.165, 1.54) is 11.6 Å². The minimum absolute atomic E-state index is 0.0420. The van der Waals surface area contributed by atoms with E-state index in [-0.39, 0.29) is 11.4 Å². The van der Waals surface area contributed by atoms with E-state index in [1.807, 2.05) is 13.0 Å². The van der Waals surface area contributed by atoms with Crippen LogP contribution in [0.4, 0.5) is 5.82 Å². The molecular weight excluding hydrogens is 322 g/mol. The van der Waals surface area contributed by atoms with Crippen molar-refractivity contribution in [2.45, 2.75) is 32.7 Å². The molecule has 1 N–H and O–H groups in total. The van der Waals surface area contributed by atoms with Crippen LogP contribution >= 0.6 is 0 Å². The second-order valence-electron chi connectivity index (χ2n) is 6.32. The Morgan fingerprint density at radius 3 is 2.72 bits per heavy atom. The van der Waals surface area contributed by atoms with Crippen LogP contribution < -0.4 is 16.6 Å².